The number of amides is 1. The Kier molecular flexibility index (Phi) is 4.80. The van der Waals surface area contributed by atoms with Gasteiger partial charge in [-0.25, -0.2) is 4.79 Å². The number of carbonyl (C=O) groups is 1. The van der Waals surface area contributed by atoms with E-state index in [1.807, 2.05) is 0 Å². The van der Waals surface area contributed by atoms with Crippen LogP contribution < -0.4 is 15.8 Å². The third-order valence-corrected chi connectivity index (χ3v) is 1.77. The molecular weight excluding hydrogens is 222 g/mol. The number of benzene rings is 1. The molecule has 0 saturated heterocycles. The molecule has 6 heteroatoms. The topological polar surface area (TPSA) is 97.4 Å². The maximum Gasteiger partial charge on any atom is 0.411 e. The molecule has 1 aromatic rings. The van der Waals surface area contributed by atoms with E-state index in [1.165, 1.54) is 0 Å². The highest BCUT2D eigenvalue weighted by atomic mass is 16.5. The molecule has 0 radical (unpaired) electrons. The van der Waals surface area contributed by atoms with Crippen LogP contribution in [-0.4, -0.2) is 25.1 Å². The SMILES string of the molecule is CCOC(=O)Nc1ccc(OCC(=N)N)cc1. The summed E-state index contributed by atoms with van der Waals surface area (Å²) in [6, 6.07) is 6.69. The van der Waals surface area contributed by atoms with Crippen molar-refractivity contribution in [3.63, 3.8) is 0 Å². The summed E-state index contributed by atoms with van der Waals surface area (Å²) in [7, 11) is 0. The van der Waals surface area contributed by atoms with Gasteiger partial charge in [0.2, 0.25) is 0 Å². The molecule has 1 aromatic carbocycles. The maximum absolute atomic E-state index is 11.1. The van der Waals surface area contributed by atoms with Crippen LogP contribution in [0.3, 0.4) is 0 Å². The van der Waals surface area contributed by atoms with Crippen molar-refractivity contribution in [2.45, 2.75) is 6.92 Å². The molecule has 0 heterocycles. The first-order valence-corrected chi connectivity index (χ1v) is 5.11. The van der Waals surface area contributed by atoms with E-state index < -0.39 is 6.09 Å². The average molecular weight is 237 g/mol. The van der Waals surface area contributed by atoms with Crippen LogP contribution >= 0.6 is 0 Å². The lowest BCUT2D eigenvalue weighted by molar-refractivity contribution is 0.168. The van der Waals surface area contributed by atoms with Crippen molar-refractivity contribution in [1.29, 1.82) is 5.41 Å². The molecular formula is C11H15N3O3. The number of hydrogen-bond donors (Lipinski definition) is 3. The second kappa shape index (κ2) is 6.37. The zero-order chi connectivity index (χ0) is 12.7. The summed E-state index contributed by atoms with van der Waals surface area (Å²) in [5, 5.41) is 9.56. The van der Waals surface area contributed by atoms with E-state index >= 15 is 0 Å². The molecule has 0 atom stereocenters. The van der Waals surface area contributed by atoms with Crippen molar-refractivity contribution in [2.24, 2.45) is 5.73 Å². The van der Waals surface area contributed by atoms with Crippen LogP contribution in [0.15, 0.2) is 24.3 Å². The molecule has 1 amide bonds. The molecule has 4 N–H and O–H groups in total. The lowest BCUT2D eigenvalue weighted by Crippen LogP contribution is -2.19. The molecule has 0 saturated carbocycles. The fourth-order valence-corrected chi connectivity index (χ4v) is 1.08. The van der Waals surface area contributed by atoms with Crippen LogP contribution in [0.2, 0.25) is 0 Å². The first-order valence-electron chi connectivity index (χ1n) is 5.11. The normalized spacial score (nSPS) is 9.47. The van der Waals surface area contributed by atoms with E-state index in [0.717, 1.165) is 0 Å². The second-order valence-electron chi connectivity index (χ2n) is 3.18. The van der Waals surface area contributed by atoms with Crippen LogP contribution in [0, 0.1) is 5.41 Å². The molecule has 0 bridgehead atoms. The Morgan fingerprint density at radius 3 is 2.59 bits per heavy atom. The summed E-state index contributed by atoms with van der Waals surface area (Å²) in [5.41, 5.74) is 5.76. The third kappa shape index (κ3) is 4.87. The number of carbonyl (C=O) groups excluding carboxylic acids is 1. The minimum atomic E-state index is -0.495. The number of anilines is 1. The molecule has 17 heavy (non-hydrogen) atoms. The van der Waals surface area contributed by atoms with E-state index in [1.54, 1.807) is 31.2 Å². The molecule has 6 nitrogen and oxygen atoms in total. The van der Waals surface area contributed by atoms with Crippen molar-refractivity contribution in [1.82, 2.24) is 0 Å². The van der Waals surface area contributed by atoms with Gasteiger partial charge in [-0.15, -0.1) is 0 Å². The minimum Gasteiger partial charge on any atom is -0.486 e. The molecule has 0 spiro atoms. The monoisotopic (exact) mass is 237 g/mol. The quantitative estimate of drug-likeness (QED) is 0.534. The van der Waals surface area contributed by atoms with E-state index in [0.29, 0.717) is 18.0 Å². The van der Waals surface area contributed by atoms with Gasteiger partial charge in [-0.1, -0.05) is 0 Å². The van der Waals surface area contributed by atoms with Gasteiger partial charge in [-0.2, -0.15) is 0 Å². The first kappa shape index (κ1) is 12.8. The first-order chi connectivity index (χ1) is 8.11. The summed E-state index contributed by atoms with van der Waals surface area (Å²) in [6.07, 6.45) is -0.495. The molecule has 0 fully saturated rings. The van der Waals surface area contributed by atoms with Crippen molar-refractivity contribution in [2.75, 3.05) is 18.5 Å². The highest BCUT2D eigenvalue weighted by Gasteiger charge is 2.01. The molecule has 0 aromatic heterocycles. The van der Waals surface area contributed by atoms with Gasteiger partial charge in [-0.3, -0.25) is 10.7 Å². The minimum absolute atomic E-state index is 0.0428. The van der Waals surface area contributed by atoms with Crippen LogP contribution in [0.25, 0.3) is 0 Å². The fraction of sp³-hybridized carbons (Fsp3) is 0.273. The Morgan fingerprint density at radius 2 is 2.06 bits per heavy atom. The zero-order valence-corrected chi connectivity index (χ0v) is 9.53. The highest BCUT2D eigenvalue weighted by molar-refractivity contribution is 5.84. The van der Waals surface area contributed by atoms with Gasteiger partial charge in [-0.05, 0) is 31.2 Å². The van der Waals surface area contributed by atoms with Crippen molar-refractivity contribution >= 4 is 17.6 Å². The molecule has 0 aliphatic carbocycles. The molecule has 92 valence electrons. The van der Waals surface area contributed by atoms with Gasteiger partial charge in [0.05, 0.1) is 6.61 Å². The largest absolute Gasteiger partial charge is 0.486 e. The lowest BCUT2D eigenvalue weighted by Gasteiger charge is -2.07. The predicted molar refractivity (Wildman–Crippen MR) is 64.5 cm³/mol. The molecule has 0 unspecified atom stereocenters. The van der Waals surface area contributed by atoms with Gasteiger partial charge in [0, 0.05) is 5.69 Å². The van der Waals surface area contributed by atoms with Crippen molar-refractivity contribution in [3.8, 4) is 5.75 Å². The Labute approximate surface area is 99.2 Å². The zero-order valence-electron chi connectivity index (χ0n) is 9.53. The Bertz CT molecular complexity index is 389. The van der Waals surface area contributed by atoms with Gasteiger partial charge < -0.3 is 15.2 Å². The van der Waals surface area contributed by atoms with Crippen molar-refractivity contribution < 1.29 is 14.3 Å². The summed E-state index contributed by atoms with van der Waals surface area (Å²) in [5.74, 6) is 0.535. The van der Waals surface area contributed by atoms with E-state index in [-0.39, 0.29) is 12.4 Å². The number of hydrogen-bond acceptors (Lipinski definition) is 4. The Balaban J connectivity index is 2.49. The highest BCUT2D eigenvalue weighted by Crippen LogP contribution is 2.15. The number of rotatable bonds is 5. The van der Waals surface area contributed by atoms with Gasteiger partial charge in [0.15, 0.2) is 0 Å². The summed E-state index contributed by atoms with van der Waals surface area (Å²) in [6.45, 7) is 2.11. The van der Waals surface area contributed by atoms with E-state index in [9.17, 15) is 4.79 Å². The Hall–Kier alpha value is -2.24. The number of ether oxygens (including phenoxy) is 2. The molecule has 0 aliphatic heterocycles. The second-order valence-corrected chi connectivity index (χ2v) is 3.18. The fourth-order valence-electron chi connectivity index (χ4n) is 1.08. The lowest BCUT2D eigenvalue weighted by atomic mass is 10.3. The van der Waals surface area contributed by atoms with Crippen molar-refractivity contribution in [3.05, 3.63) is 24.3 Å². The van der Waals surface area contributed by atoms with Crippen LogP contribution in [0.5, 0.6) is 5.75 Å². The predicted octanol–water partition coefficient (Wildman–Crippen LogP) is 1.57. The number of nitrogens with one attached hydrogen (secondary N) is 2. The van der Waals surface area contributed by atoms with E-state index in [2.05, 4.69) is 5.32 Å². The van der Waals surface area contributed by atoms with Crippen LogP contribution in [0.4, 0.5) is 10.5 Å². The Morgan fingerprint density at radius 1 is 1.41 bits per heavy atom. The maximum atomic E-state index is 11.1. The number of nitrogens with two attached hydrogens (primary N) is 1. The average Bonchev–Trinajstić information content (AvgIpc) is 2.28. The van der Waals surface area contributed by atoms with Crippen LogP contribution in [0.1, 0.15) is 6.92 Å². The summed E-state index contributed by atoms with van der Waals surface area (Å²) >= 11 is 0. The molecule has 0 aliphatic rings. The third-order valence-electron chi connectivity index (χ3n) is 1.77. The summed E-state index contributed by atoms with van der Waals surface area (Å²) < 4.78 is 9.91. The van der Waals surface area contributed by atoms with Gasteiger partial charge in [0.25, 0.3) is 0 Å². The standard InChI is InChI=1S/C11H15N3O3/c1-2-16-11(15)14-8-3-5-9(6-4-8)17-7-10(12)13/h3-6H,2,7H2,1H3,(H3,12,13)(H,14,15). The molecule has 1 rings (SSSR count). The van der Waals surface area contributed by atoms with Gasteiger partial charge >= 0.3 is 6.09 Å². The van der Waals surface area contributed by atoms with Gasteiger partial charge in [0.1, 0.15) is 18.2 Å². The van der Waals surface area contributed by atoms with E-state index in [4.69, 9.17) is 20.6 Å². The number of amidine groups is 1. The van der Waals surface area contributed by atoms with Crippen LogP contribution in [-0.2, 0) is 4.74 Å². The summed E-state index contributed by atoms with van der Waals surface area (Å²) in [4.78, 5) is 11.1. The smallest absolute Gasteiger partial charge is 0.411 e.